The van der Waals surface area contributed by atoms with E-state index in [9.17, 15) is 0 Å². The van der Waals surface area contributed by atoms with Crippen LogP contribution in [0.2, 0.25) is 0 Å². The van der Waals surface area contributed by atoms with Crippen molar-refractivity contribution >= 4 is 44.4 Å². The summed E-state index contributed by atoms with van der Waals surface area (Å²) in [6.45, 7) is 0. The summed E-state index contributed by atoms with van der Waals surface area (Å²) in [5.41, 5.74) is 0. The van der Waals surface area contributed by atoms with Gasteiger partial charge in [-0.15, -0.1) is 33.2 Å². The van der Waals surface area contributed by atoms with E-state index in [1.807, 2.05) is 0 Å². The van der Waals surface area contributed by atoms with E-state index in [1.54, 1.807) is 31.4 Å². The molecule has 0 N–H and O–H groups in total. The molecule has 0 saturated carbocycles. The van der Waals surface area contributed by atoms with Gasteiger partial charge in [-0.3, -0.25) is 0 Å². The average Bonchev–Trinajstić information content (AvgIpc) is 2.03. The van der Waals surface area contributed by atoms with Gasteiger partial charge < -0.3 is 4.74 Å². The molecular weight excluding hydrogens is 235 g/mol. The molecule has 0 atom stereocenters. The number of methoxy groups -OCH3 is 1. The maximum atomic E-state index is 5.78. The zero-order valence-electron chi connectivity index (χ0n) is 6.35. The molecule has 0 aliphatic rings. The second kappa shape index (κ2) is 3.88. The molecule has 1 aromatic carbocycles. The Hall–Kier alpha value is 0.107. The molecule has 1 aromatic rings. The van der Waals surface area contributed by atoms with Crippen molar-refractivity contribution in [3.05, 3.63) is 24.3 Å². The van der Waals surface area contributed by atoms with Crippen LogP contribution in [-0.4, -0.2) is 13.1 Å². The average molecular weight is 242 g/mol. The Labute approximate surface area is 86.3 Å². The van der Waals surface area contributed by atoms with E-state index in [2.05, 4.69) is 0 Å². The number of ether oxygens (including phenoxy) is 1. The first-order valence-electron chi connectivity index (χ1n) is 3.25. The summed E-state index contributed by atoms with van der Waals surface area (Å²) in [5.74, 6) is 0.766. The van der Waals surface area contributed by atoms with E-state index < -0.39 is 6.00 Å². The number of hydrogen-bond acceptors (Lipinski definition) is 1. The van der Waals surface area contributed by atoms with Crippen LogP contribution in [0, 0.1) is 0 Å². The highest BCUT2D eigenvalue weighted by molar-refractivity contribution is 7.69. The Morgan fingerprint density at radius 2 is 1.58 bits per heavy atom. The summed E-state index contributed by atoms with van der Waals surface area (Å²) in [5, 5.41) is 0.772. The van der Waals surface area contributed by atoms with Crippen molar-refractivity contribution in [2.75, 3.05) is 7.11 Å². The zero-order chi connectivity index (χ0) is 9.19. The standard InChI is InChI=1S/C7H7Cl3OSi/c1-11-6-2-4-7(5-3-6)12(8,9)10/h2-5H,1H3. The van der Waals surface area contributed by atoms with E-state index in [1.165, 1.54) is 0 Å². The first kappa shape index (κ1) is 10.2. The van der Waals surface area contributed by atoms with Crippen molar-refractivity contribution in [3.63, 3.8) is 0 Å². The molecule has 0 amide bonds. The maximum absolute atomic E-state index is 5.78. The second-order valence-corrected chi connectivity index (χ2v) is 10.6. The zero-order valence-corrected chi connectivity index (χ0v) is 9.62. The summed E-state index contributed by atoms with van der Waals surface area (Å²) >= 11 is 17.3. The van der Waals surface area contributed by atoms with Crippen molar-refractivity contribution in [2.24, 2.45) is 0 Å². The van der Waals surface area contributed by atoms with Crippen molar-refractivity contribution in [1.82, 2.24) is 0 Å². The molecule has 0 spiro atoms. The summed E-state index contributed by atoms with van der Waals surface area (Å²) in [7, 11) is 1.60. The molecule has 1 rings (SSSR count). The molecule has 0 aliphatic carbocycles. The van der Waals surface area contributed by atoms with Crippen molar-refractivity contribution in [3.8, 4) is 5.75 Å². The molecule has 12 heavy (non-hydrogen) atoms. The van der Waals surface area contributed by atoms with Gasteiger partial charge in [0.1, 0.15) is 5.75 Å². The summed E-state index contributed by atoms with van der Waals surface area (Å²) in [6.07, 6.45) is 0. The van der Waals surface area contributed by atoms with Gasteiger partial charge in [0, 0.05) is 0 Å². The predicted octanol–water partition coefficient (Wildman–Crippen LogP) is 2.56. The summed E-state index contributed by atoms with van der Waals surface area (Å²) in [4.78, 5) is 0. The first-order chi connectivity index (χ1) is 5.54. The number of benzene rings is 1. The normalized spacial score (nSPS) is 11.3. The van der Waals surface area contributed by atoms with Gasteiger partial charge in [-0.25, -0.2) is 0 Å². The topological polar surface area (TPSA) is 9.23 Å². The Balaban J connectivity index is 2.93. The van der Waals surface area contributed by atoms with Crippen LogP contribution in [-0.2, 0) is 0 Å². The van der Waals surface area contributed by atoms with E-state index in [0.717, 1.165) is 10.9 Å². The molecule has 1 nitrogen and oxygen atoms in total. The van der Waals surface area contributed by atoms with Gasteiger partial charge in [0.2, 0.25) is 0 Å². The van der Waals surface area contributed by atoms with Crippen LogP contribution in [0.25, 0.3) is 0 Å². The highest BCUT2D eigenvalue weighted by atomic mass is 35.8. The fraction of sp³-hybridized carbons (Fsp3) is 0.143. The molecule has 0 heterocycles. The minimum absolute atomic E-state index is 0.766. The lowest BCUT2D eigenvalue weighted by Gasteiger charge is -2.08. The van der Waals surface area contributed by atoms with E-state index in [0.29, 0.717) is 0 Å². The van der Waals surface area contributed by atoms with E-state index >= 15 is 0 Å². The molecule has 0 aliphatic heterocycles. The summed E-state index contributed by atoms with van der Waals surface area (Å²) < 4.78 is 4.97. The third-order valence-electron chi connectivity index (χ3n) is 1.42. The molecule has 0 fully saturated rings. The highest BCUT2D eigenvalue weighted by Gasteiger charge is 2.27. The quantitative estimate of drug-likeness (QED) is 0.571. The third kappa shape index (κ3) is 2.56. The van der Waals surface area contributed by atoms with Gasteiger partial charge in [-0.05, 0) is 17.3 Å². The highest BCUT2D eigenvalue weighted by Crippen LogP contribution is 2.20. The first-order valence-corrected chi connectivity index (χ1v) is 8.29. The van der Waals surface area contributed by atoms with Crippen LogP contribution in [0.3, 0.4) is 0 Å². The molecule has 66 valence electrons. The molecule has 0 radical (unpaired) electrons. The van der Waals surface area contributed by atoms with Gasteiger partial charge in [-0.1, -0.05) is 12.1 Å². The SMILES string of the molecule is COc1ccc([Si](Cl)(Cl)Cl)cc1. The number of halogens is 3. The molecule has 0 unspecified atom stereocenters. The maximum Gasteiger partial charge on any atom is 0.372 e. The minimum Gasteiger partial charge on any atom is -0.497 e. The largest absolute Gasteiger partial charge is 0.497 e. The Bertz CT molecular complexity index is 254. The van der Waals surface area contributed by atoms with Crippen molar-refractivity contribution < 1.29 is 4.74 Å². The lowest BCUT2D eigenvalue weighted by atomic mass is 10.3. The van der Waals surface area contributed by atoms with Crippen LogP contribution >= 0.6 is 33.2 Å². The molecule has 0 saturated heterocycles. The lowest BCUT2D eigenvalue weighted by Crippen LogP contribution is -2.29. The molecule has 0 bridgehead atoms. The smallest absolute Gasteiger partial charge is 0.372 e. The van der Waals surface area contributed by atoms with Gasteiger partial charge >= 0.3 is 6.00 Å². The van der Waals surface area contributed by atoms with Gasteiger partial charge in [0.05, 0.1) is 7.11 Å². The monoisotopic (exact) mass is 240 g/mol. The van der Waals surface area contributed by atoms with Crippen LogP contribution in [0.4, 0.5) is 0 Å². The van der Waals surface area contributed by atoms with E-state index in [4.69, 9.17) is 38.0 Å². The lowest BCUT2D eigenvalue weighted by molar-refractivity contribution is 0.415. The van der Waals surface area contributed by atoms with Gasteiger partial charge in [0.25, 0.3) is 0 Å². The van der Waals surface area contributed by atoms with Crippen molar-refractivity contribution in [2.45, 2.75) is 0 Å². The van der Waals surface area contributed by atoms with Crippen LogP contribution in [0.5, 0.6) is 5.75 Å². The third-order valence-corrected chi connectivity index (χ3v) is 4.37. The van der Waals surface area contributed by atoms with Gasteiger partial charge in [0.15, 0.2) is 0 Å². The van der Waals surface area contributed by atoms with Gasteiger partial charge in [-0.2, -0.15) is 0 Å². The second-order valence-electron chi connectivity index (χ2n) is 2.23. The van der Waals surface area contributed by atoms with Crippen LogP contribution in [0.15, 0.2) is 24.3 Å². The molecule has 5 heteroatoms. The molecule has 0 aromatic heterocycles. The molecular formula is C7H7Cl3OSi. The fourth-order valence-corrected chi connectivity index (χ4v) is 2.46. The van der Waals surface area contributed by atoms with Crippen molar-refractivity contribution in [1.29, 1.82) is 0 Å². The van der Waals surface area contributed by atoms with Crippen LogP contribution < -0.4 is 9.92 Å². The van der Waals surface area contributed by atoms with Crippen LogP contribution in [0.1, 0.15) is 0 Å². The summed E-state index contributed by atoms with van der Waals surface area (Å²) in [6, 6.07) is 4.41. The Kier molecular flexibility index (Phi) is 3.29. The number of hydrogen-bond donors (Lipinski definition) is 0. The Morgan fingerprint density at radius 1 is 1.08 bits per heavy atom. The van der Waals surface area contributed by atoms with E-state index in [-0.39, 0.29) is 0 Å². The predicted molar refractivity (Wildman–Crippen MR) is 55.9 cm³/mol. The fourth-order valence-electron chi connectivity index (χ4n) is 0.780. The minimum atomic E-state index is -2.71. The Morgan fingerprint density at radius 3 is 1.92 bits per heavy atom. The number of rotatable bonds is 2.